The van der Waals surface area contributed by atoms with Crippen molar-refractivity contribution in [2.24, 2.45) is 0 Å². The third-order valence-electron chi connectivity index (χ3n) is 2.75. The Morgan fingerprint density at radius 1 is 1.14 bits per heavy atom. The third kappa shape index (κ3) is 3.32. The minimum atomic E-state index is -4.48. The molecular formula is C13H16F3N5. The van der Waals surface area contributed by atoms with Gasteiger partial charge in [0.25, 0.3) is 0 Å². The zero-order valence-electron chi connectivity index (χ0n) is 12.2. The van der Waals surface area contributed by atoms with E-state index in [1.807, 2.05) is 20.8 Å². The molecule has 0 bridgehead atoms. The van der Waals surface area contributed by atoms with Crippen LogP contribution in [0, 0.1) is 0 Å². The zero-order chi connectivity index (χ0) is 15.8. The Balaban J connectivity index is 2.51. The van der Waals surface area contributed by atoms with E-state index in [1.165, 1.54) is 6.20 Å². The number of anilines is 1. The summed E-state index contributed by atoms with van der Waals surface area (Å²) in [4.78, 5) is 8.62. The van der Waals surface area contributed by atoms with E-state index in [2.05, 4.69) is 20.4 Å². The van der Waals surface area contributed by atoms with Crippen LogP contribution in [0.25, 0.3) is 5.82 Å². The third-order valence-corrected chi connectivity index (χ3v) is 2.75. The van der Waals surface area contributed by atoms with Crippen molar-refractivity contribution in [2.45, 2.75) is 32.4 Å². The highest BCUT2D eigenvalue weighted by Gasteiger charge is 2.33. The normalized spacial score (nSPS) is 12.5. The lowest BCUT2D eigenvalue weighted by atomic mass is 9.96. The second-order valence-corrected chi connectivity index (χ2v) is 5.58. The van der Waals surface area contributed by atoms with Gasteiger partial charge in [0.15, 0.2) is 11.5 Å². The van der Waals surface area contributed by atoms with Gasteiger partial charge in [-0.25, -0.2) is 14.6 Å². The van der Waals surface area contributed by atoms with Crippen LogP contribution in [0.1, 0.15) is 32.3 Å². The number of rotatable bonds is 2. The average Bonchev–Trinajstić information content (AvgIpc) is 2.86. The number of nitrogens with one attached hydrogen (secondary N) is 1. The second-order valence-electron chi connectivity index (χ2n) is 5.58. The lowest BCUT2D eigenvalue weighted by Gasteiger charge is -2.18. The van der Waals surface area contributed by atoms with Gasteiger partial charge in [0, 0.05) is 24.7 Å². The fourth-order valence-electron chi connectivity index (χ4n) is 1.62. The van der Waals surface area contributed by atoms with Gasteiger partial charge in [-0.2, -0.15) is 18.3 Å². The van der Waals surface area contributed by atoms with Gasteiger partial charge < -0.3 is 5.32 Å². The van der Waals surface area contributed by atoms with Gasteiger partial charge in [-0.3, -0.25) is 0 Å². The van der Waals surface area contributed by atoms with Crippen LogP contribution in [0.4, 0.5) is 19.0 Å². The molecule has 2 heterocycles. The quantitative estimate of drug-likeness (QED) is 0.926. The minimum Gasteiger partial charge on any atom is -0.373 e. The van der Waals surface area contributed by atoms with Gasteiger partial charge >= 0.3 is 6.18 Å². The Hall–Kier alpha value is -2.12. The number of hydrogen-bond donors (Lipinski definition) is 1. The summed E-state index contributed by atoms with van der Waals surface area (Å²) >= 11 is 0. The largest absolute Gasteiger partial charge is 0.435 e. The maximum Gasteiger partial charge on any atom is 0.435 e. The molecule has 0 aromatic carbocycles. The second kappa shape index (κ2) is 5.01. The highest BCUT2D eigenvalue weighted by molar-refractivity contribution is 5.41. The topological polar surface area (TPSA) is 55.6 Å². The summed E-state index contributed by atoms with van der Waals surface area (Å²) in [7, 11) is 1.68. The van der Waals surface area contributed by atoms with Crippen molar-refractivity contribution in [2.75, 3.05) is 12.4 Å². The first-order chi connectivity index (χ1) is 9.61. The molecule has 0 atom stereocenters. The van der Waals surface area contributed by atoms with Crippen LogP contribution < -0.4 is 5.32 Å². The Labute approximate surface area is 120 Å². The van der Waals surface area contributed by atoms with E-state index in [0.29, 0.717) is 11.6 Å². The molecule has 0 saturated carbocycles. The van der Waals surface area contributed by atoms with Gasteiger partial charge in [0.1, 0.15) is 11.6 Å². The van der Waals surface area contributed by atoms with Crippen molar-refractivity contribution >= 4 is 5.82 Å². The first kappa shape index (κ1) is 15.3. The average molecular weight is 299 g/mol. The highest BCUT2D eigenvalue weighted by atomic mass is 19.4. The molecule has 1 N–H and O–H groups in total. The Morgan fingerprint density at radius 3 is 2.29 bits per heavy atom. The maximum absolute atomic E-state index is 12.6. The first-order valence-corrected chi connectivity index (χ1v) is 6.32. The molecule has 0 unspecified atom stereocenters. The summed E-state index contributed by atoms with van der Waals surface area (Å²) in [6.45, 7) is 5.78. The highest BCUT2D eigenvalue weighted by Crippen LogP contribution is 2.28. The van der Waals surface area contributed by atoms with Crippen molar-refractivity contribution in [3.8, 4) is 5.82 Å². The van der Waals surface area contributed by atoms with Crippen LogP contribution in [-0.4, -0.2) is 26.8 Å². The first-order valence-electron chi connectivity index (χ1n) is 6.32. The lowest BCUT2D eigenvalue weighted by molar-refractivity contribution is -0.141. The van der Waals surface area contributed by atoms with E-state index >= 15 is 0 Å². The molecular weight excluding hydrogens is 283 g/mol. The van der Waals surface area contributed by atoms with Crippen molar-refractivity contribution in [3.63, 3.8) is 0 Å². The molecule has 0 aliphatic carbocycles. The molecule has 5 nitrogen and oxygen atoms in total. The molecule has 8 heteroatoms. The van der Waals surface area contributed by atoms with Crippen molar-refractivity contribution in [1.82, 2.24) is 19.7 Å². The molecule has 0 aliphatic heterocycles. The number of aromatic nitrogens is 4. The summed E-state index contributed by atoms with van der Waals surface area (Å²) in [5.41, 5.74) is -1.29. The predicted octanol–water partition coefficient (Wildman–Crippen LogP) is 3.02. The van der Waals surface area contributed by atoms with E-state index in [4.69, 9.17) is 0 Å². The van der Waals surface area contributed by atoms with Gasteiger partial charge in [-0.1, -0.05) is 20.8 Å². The monoisotopic (exact) mass is 299 g/mol. The molecule has 2 rings (SSSR count). The molecule has 0 aliphatic rings. The van der Waals surface area contributed by atoms with Crippen LogP contribution in [-0.2, 0) is 11.6 Å². The smallest absolute Gasteiger partial charge is 0.373 e. The SMILES string of the molecule is CNc1cc(-n2ccc(C(F)(F)F)n2)nc(C(C)(C)C)n1. The van der Waals surface area contributed by atoms with Gasteiger partial charge in [-0.05, 0) is 6.07 Å². The van der Waals surface area contributed by atoms with Crippen LogP contribution >= 0.6 is 0 Å². The molecule has 0 saturated heterocycles. The predicted molar refractivity (Wildman–Crippen MR) is 72.4 cm³/mol. The number of hydrogen-bond acceptors (Lipinski definition) is 4. The van der Waals surface area contributed by atoms with Crippen molar-refractivity contribution in [1.29, 1.82) is 0 Å². The van der Waals surface area contributed by atoms with E-state index in [1.54, 1.807) is 13.1 Å². The lowest BCUT2D eigenvalue weighted by Crippen LogP contribution is -2.18. The fraction of sp³-hybridized carbons (Fsp3) is 0.462. The summed E-state index contributed by atoms with van der Waals surface area (Å²) in [5.74, 6) is 1.33. The number of halogens is 3. The van der Waals surface area contributed by atoms with Crippen LogP contribution in [0.3, 0.4) is 0 Å². The summed E-state index contributed by atoms with van der Waals surface area (Å²) in [5, 5.41) is 6.40. The van der Waals surface area contributed by atoms with Crippen LogP contribution in [0.2, 0.25) is 0 Å². The molecule has 0 radical (unpaired) electrons. The summed E-state index contributed by atoms with van der Waals surface area (Å²) in [6.07, 6.45) is -3.24. The molecule has 0 spiro atoms. The standard InChI is InChI=1S/C13H16F3N5/c1-12(2,3)11-18-9(17-4)7-10(19-11)21-6-5-8(20-21)13(14,15)16/h5-7H,1-4H3,(H,17,18,19). The fourth-order valence-corrected chi connectivity index (χ4v) is 1.62. The Kier molecular flexibility index (Phi) is 3.65. The van der Waals surface area contributed by atoms with Gasteiger partial charge in [0.05, 0.1) is 0 Å². The molecule has 21 heavy (non-hydrogen) atoms. The van der Waals surface area contributed by atoms with E-state index < -0.39 is 11.9 Å². The summed E-state index contributed by atoms with van der Waals surface area (Å²) in [6, 6.07) is 2.46. The Bertz CT molecular complexity index is 640. The summed E-state index contributed by atoms with van der Waals surface area (Å²) < 4.78 is 38.9. The number of nitrogens with zero attached hydrogens (tertiary/aromatic N) is 4. The van der Waals surface area contributed by atoms with Crippen molar-refractivity contribution < 1.29 is 13.2 Å². The van der Waals surface area contributed by atoms with E-state index in [-0.39, 0.29) is 11.2 Å². The van der Waals surface area contributed by atoms with Crippen molar-refractivity contribution in [3.05, 3.63) is 29.8 Å². The minimum absolute atomic E-state index is 0.287. The Morgan fingerprint density at radius 2 is 1.81 bits per heavy atom. The van der Waals surface area contributed by atoms with Gasteiger partial charge in [0.2, 0.25) is 0 Å². The molecule has 2 aromatic rings. The molecule has 114 valence electrons. The van der Waals surface area contributed by atoms with E-state index in [9.17, 15) is 13.2 Å². The van der Waals surface area contributed by atoms with Crippen LogP contribution in [0.15, 0.2) is 18.3 Å². The van der Waals surface area contributed by atoms with E-state index in [0.717, 1.165) is 10.7 Å². The molecule has 0 fully saturated rings. The zero-order valence-corrected chi connectivity index (χ0v) is 12.2. The van der Waals surface area contributed by atoms with Gasteiger partial charge in [-0.15, -0.1) is 0 Å². The number of alkyl halides is 3. The van der Waals surface area contributed by atoms with Crippen LogP contribution in [0.5, 0.6) is 0 Å². The molecule has 0 amide bonds. The maximum atomic E-state index is 12.6. The molecule has 2 aromatic heterocycles.